The van der Waals surface area contributed by atoms with Gasteiger partial charge in [0, 0.05) is 16.4 Å². The summed E-state index contributed by atoms with van der Waals surface area (Å²) in [6.45, 7) is 0. The normalized spacial score (nSPS) is 11.3. The molecule has 0 aliphatic carbocycles. The van der Waals surface area contributed by atoms with E-state index in [1.165, 1.54) is 18.2 Å². The van der Waals surface area contributed by atoms with Crippen LogP contribution >= 0.6 is 15.9 Å². The second-order valence-electron chi connectivity index (χ2n) is 4.02. The predicted molar refractivity (Wildman–Crippen MR) is 71.3 cm³/mol. The van der Waals surface area contributed by atoms with Crippen LogP contribution in [-0.2, 0) is 6.18 Å². The molecule has 1 amide bonds. The highest BCUT2D eigenvalue weighted by Gasteiger charge is 2.33. The number of anilines is 1. The first-order chi connectivity index (χ1) is 9.77. The molecule has 1 heterocycles. The van der Waals surface area contributed by atoms with Crippen molar-refractivity contribution in [3.63, 3.8) is 0 Å². The van der Waals surface area contributed by atoms with E-state index in [2.05, 4.69) is 26.2 Å². The Labute approximate surface area is 125 Å². The van der Waals surface area contributed by atoms with Crippen LogP contribution in [0.25, 0.3) is 0 Å². The van der Waals surface area contributed by atoms with E-state index in [1.54, 1.807) is 0 Å². The summed E-state index contributed by atoms with van der Waals surface area (Å²) in [5, 5.41) is 2.30. The maximum Gasteiger partial charge on any atom is 0.417 e. The van der Waals surface area contributed by atoms with E-state index in [0.29, 0.717) is 0 Å². The minimum Gasteiger partial charge on any atom is -0.322 e. The number of carbonyl (C=O) groups excluding carboxylic acids is 1. The van der Waals surface area contributed by atoms with Gasteiger partial charge in [-0.05, 0) is 30.3 Å². The number of hydrogen-bond acceptors (Lipinski definition) is 2. The van der Waals surface area contributed by atoms with Gasteiger partial charge in [-0.15, -0.1) is 0 Å². The Kier molecular flexibility index (Phi) is 4.26. The third kappa shape index (κ3) is 3.78. The molecule has 0 fully saturated rings. The molecule has 3 nitrogen and oxygen atoms in total. The van der Waals surface area contributed by atoms with Crippen LogP contribution in [-0.4, -0.2) is 10.9 Å². The minimum atomic E-state index is -4.54. The zero-order valence-corrected chi connectivity index (χ0v) is 11.8. The Hall–Kier alpha value is -1.96. The maximum atomic E-state index is 12.7. The molecule has 1 N–H and O–H groups in total. The standard InChI is InChI=1S/C13H7BrF4N2O/c14-10-3-2-8(5-9(10)13(16,17)18)20-12(21)7-1-4-11(15)19-6-7/h1-6H,(H,20,21). The van der Waals surface area contributed by atoms with Crippen LogP contribution in [0, 0.1) is 5.95 Å². The monoisotopic (exact) mass is 362 g/mol. The minimum absolute atomic E-state index is 0.0279. The van der Waals surface area contributed by atoms with E-state index in [4.69, 9.17) is 0 Å². The molecule has 110 valence electrons. The van der Waals surface area contributed by atoms with Crippen LogP contribution in [0.5, 0.6) is 0 Å². The summed E-state index contributed by atoms with van der Waals surface area (Å²) in [5.41, 5.74) is -0.898. The molecule has 2 aromatic rings. The smallest absolute Gasteiger partial charge is 0.322 e. The second-order valence-corrected chi connectivity index (χ2v) is 4.87. The quantitative estimate of drug-likeness (QED) is 0.640. The summed E-state index contributed by atoms with van der Waals surface area (Å²) in [6, 6.07) is 5.47. The lowest BCUT2D eigenvalue weighted by atomic mass is 10.2. The van der Waals surface area contributed by atoms with Crippen molar-refractivity contribution in [2.45, 2.75) is 6.18 Å². The van der Waals surface area contributed by atoms with Crippen LogP contribution in [0.15, 0.2) is 41.0 Å². The largest absolute Gasteiger partial charge is 0.417 e. The van der Waals surface area contributed by atoms with Crippen LogP contribution in [0.3, 0.4) is 0 Å². The van der Waals surface area contributed by atoms with E-state index < -0.39 is 23.6 Å². The molecule has 0 spiro atoms. The molecule has 0 aliphatic rings. The van der Waals surface area contributed by atoms with Crippen LogP contribution < -0.4 is 5.32 Å². The third-order valence-electron chi connectivity index (χ3n) is 2.52. The van der Waals surface area contributed by atoms with Gasteiger partial charge in [-0.3, -0.25) is 4.79 Å². The Morgan fingerprint density at radius 2 is 1.90 bits per heavy atom. The molecule has 0 bridgehead atoms. The highest BCUT2D eigenvalue weighted by molar-refractivity contribution is 9.10. The molecule has 0 radical (unpaired) electrons. The lowest BCUT2D eigenvalue weighted by Crippen LogP contribution is -2.14. The molecule has 1 aromatic heterocycles. The van der Waals surface area contributed by atoms with Gasteiger partial charge >= 0.3 is 6.18 Å². The van der Waals surface area contributed by atoms with Gasteiger partial charge in [-0.25, -0.2) is 4.98 Å². The Bertz CT molecular complexity index is 671. The predicted octanol–water partition coefficient (Wildman–Crippen LogP) is 4.25. The van der Waals surface area contributed by atoms with E-state index in [1.807, 2.05) is 0 Å². The number of nitrogens with one attached hydrogen (secondary N) is 1. The number of nitrogens with zero attached hydrogens (tertiary/aromatic N) is 1. The third-order valence-corrected chi connectivity index (χ3v) is 3.21. The Morgan fingerprint density at radius 1 is 1.19 bits per heavy atom. The molecule has 0 saturated heterocycles. The Balaban J connectivity index is 2.24. The first-order valence-electron chi connectivity index (χ1n) is 5.57. The SMILES string of the molecule is O=C(Nc1ccc(Br)c(C(F)(F)F)c1)c1ccc(F)nc1. The number of hydrogen-bond donors (Lipinski definition) is 1. The molecule has 0 saturated carbocycles. The molecule has 21 heavy (non-hydrogen) atoms. The fourth-order valence-electron chi connectivity index (χ4n) is 1.53. The number of carbonyl (C=O) groups is 1. The highest BCUT2D eigenvalue weighted by Crippen LogP contribution is 2.36. The number of halogens is 5. The summed E-state index contributed by atoms with van der Waals surface area (Å²) in [7, 11) is 0. The van der Waals surface area contributed by atoms with Gasteiger partial charge in [0.2, 0.25) is 5.95 Å². The van der Waals surface area contributed by atoms with Crippen LogP contribution in [0.1, 0.15) is 15.9 Å². The van der Waals surface area contributed by atoms with E-state index in [9.17, 15) is 22.4 Å². The number of amides is 1. The molecule has 0 aliphatic heterocycles. The van der Waals surface area contributed by atoms with Gasteiger partial charge in [0.05, 0.1) is 11.1 Å². The topological polar surface area (TPSA) is 42.0 Å². The lowest BCUT2D eigenvalue weighted by molar-refractivity contribution is -0.138. The number of aromatic nitrogens is 1. The molecule has 0 unspecified atom stereocenters. The second kappa shape index (κ2) is 5.80. The molecular formula is C13H7BrF4N2O. The number of alkyl halides is 3. The molecule has 1 aromatic carbocycles. The van der Waals surface area contributed by atoms with Gasteiger partial charge in [-0.2, -0.15) is 17.6 Å². The van der Waals surface area contributed by atoms with Crippen LogP contribution in [0.2, 0.25) is 0 Å². The zero-order chi connectivity index (χ0) is 15.6. The lowest BCUT2D eigenvalue weighted by Gasteiger charge is -2.12. The van der Waals surface area contributed by atoms with Crippen molar-refractivity contribution in [3.05, 3.63) is 58.1 Å². The van der Waals surface area contributed by atoms with Crippen molar-refractivity contribution in [3.8, 4) is 0 Å². The summed E-state index contributed by atoms with van der Waals surface area (Å²) in [6.07, 6.45) is -3.55. The molecule has 2 rings (SSSR count). The summed E-state index contributed by atoms with van der Waals surface area (Å²) in [4.78, 5) is 15.1. The summed E-state index contributed by atoms with van der Waals surface area (Å²) >= 11 is 2.80. The first-order valence-corrected chi connectivity index (χ1v) is 6.36. The zero-order valence-electron chi connectivity index (χ0n) is 10.2. The average molecular weight is 363 g/mol. The summed E-state index contributed by atoms with van der Waals surface area (Å²) in [5.74, 6) is -1.44. The number of rotatable bonds is 2. The van der Waals surface area contributed by atoms with Crippen molar-refractivity contribution >= 4 is 27.5 Å². The fraction of sp³-hybridized carbons (Fsp3) is 0.0769. The van der Waals surface area contributed by atoms with E-state index in [0.717, 1.165) is 18.3 Å². The fourth-order valence-corrected chi connectivity index (χ4v) is 2.01. The molecule has 8 heteroatoms. The molecule has 0 atom stereocenters. The maximum absolute atomic E-state index is 12.7. The van der Waals surface area contributed by atoms with Crippen LogP contribution in [0.4, 0.5) is 23.2 Å². The van der Waals surface area contributed by atoms with Gasteiger partial charge in [0.1, 0.15) is 0 Å². The van der Waals surface area contributed by atoms with Gasteiger partial charge in [0.25, 0.3) is 5.91 Å². The van der Waals surface area contributed by atoms with Gasteiger partial charge < -0.3 is 5.32 Å². The van der Waals surface area contributed by atoms with E-state index >= 15 is 0 Å². The molecular weight excluding hydrogens is 356 g/mol. The van der Waals surface area contributed by atoms with Gasteiger partial charge in [0.15, 0.2) is 0 Å². The number of benzene rings is 1. The van der Waals surface area contributed by atoms with Gasteiger partial charge in [-0.1, -0.05) is 15.9 Å². The highest BCUT2D eigenvalue weighted by atomic mass is 79.9. The first kappa shape index (κ1) is 15.4. The Morgan fingerprint density at radius 3 is 2.48 bits per heavy atom. The van der Waals surface area contributed by atoms with Crippen molar-refractivity contribution in [1.82, 2.24) is 4.98 Å². The van der Waals surface area contributed by atoms with E-state index in [-0.39, 0.29) is 15.7 Å². The van der Waals surface area contributed by atoms with Crippen molar-refractivity contribution in [2.24, 2.45) is 0 Å². The number of pyridine rings is 1. The summed E-state index contributed by atoms with van der Waals surface area (Å²) < 4.78 is 50.7. The van der Waals surface area contributed by atoms with Crippen molar-refractivity contribution in [1.29, 1.82) is 0 Å². The average Bonchev–Trinajstić information content (AvgIpc) is 2.40. The van der Waals surface area contributed by atoms with Crippen molar-refractivity contribution in [2.75, 3.05) is 5.32 Å². The van der Waals surface area contributed by atoms with Crippen molar-refractivity contribution < 1.29 is 22.4 Å².